The van der Waals surface area contributed by atoms with Gasteiger partial charge in [-0.1, -0.05) is 48.5 Å². The van der Waals surface area contributed by atoms with Crippen LogP contribution >= 0.6 is 0 Å². The van der Waals surface area contributed by atoms with Gasteiger partial charge in [-0.05, 0) is 48.0 Å². The van der Waals surface area contributed by atoms with E-state index in [1.165, 1.54) is 0 Å². The molecular formula is C20H20O2Si. The molecular weight excluding hydrogens is 300 g/mol. The topological polar surface area (TPSA) is 18.5 Å². The number of ether oxygens (including phenoxy) is 2. The van der Waals surface area contributed by atoms with Crippen LogP contribution < -0.4 is 9.47 Å². The summed E-state index contributed by atoms with van der Waals surface area (Å²) in [6.07, 6.45) is 0.0726. The maximum absolute atomic E-state index is 6.13. The van der Waals surface area contributed by atoms with Crippen molar-refractivity contribution in [2.45, 2.75) is 12.1 Å². The van der Waals surface area contributed by atoms with Gasteiger partial charge >= 0.3 is 0 Å². The Balaban J connectivity index is 1.77. The molecule has 0 radical (unpaired) electrons. The van der Waals surface area contributed by atoms with E-state index < -0.39 is 0 Å². The average Bonchev–Trinajstić information content (AvgIpc) is 2.62. The third-order valence-electron chi connectivity index (χ3n) is 3.60. The van der Waals surface area contributed by atoms with Gasteiger partial charge in [0.2, 0.25) is 0 Å². The lowest BCUT2D eigenvalue weighted by Gasteiger charge is -2.19. The first-order valence-electron chi connectivity index (χ1n) is 7.89. The smallest absolute Gasteiger partial charge is 0.127 e. The van der Waals surface area contributed by atoms with Crippen LogP contribution in [0.25, 0.3) is 0 Å². The Morgan fingerprint density at radius 1 is 0.696 bits per heavy atom. The molecule has 0 bridgehead atoms. The molecule has 3 heteroatoms. The molecule has 0 N–H and O–H groups in total. The van der Waals surface area contributed by atoms with Crippen molar-refractivity contribution in [1.29, 1.82) is 0 Å². The van der Waals surface area contributed by atoms with Crippen LogP contribution in [0.5, 0.6) is 17.2 Å². The maximum atomic E-state index is 6.13. The Morgan fingerprint density at radius 2 is 1.30 bits per heavy atom. The molecule has 116 valence electrons. The summed E-state index contributed by atoms with van der Waals surface area (Å²) in [6, 6.07) is 29.0. The molecule has 0 saturated carbocycles. The monoisotopic (exact) mass is 320 g/mol. The number of para-hydroxylation sites is 2. The molecule has 0 spiro atoms. The Labute approximate surface area is 140 Å². The van der Waals surface area contributed by atoms with Crippen LogP contribution in [0.15, 0.2) is 84.9 Å². The molecule has 3 rings (SSSR count). The van der Waals surface area contributed by atoms with E-state index in [0.717, 1.165) is 39.1 Å². The van der Waals surface area contributed by atoms with E-state index in [1.54, 1.807) is 0 Å². The lowest BCUT2D eigenvalue weighted by molar-refractivity contribution is 0.227. The van der Waals surface area contributed by atoms with Gasteiger partial charge in [-0.2, -0.15) is 0 Å². The predicted molar refractivity (Wildman–Crippen MR) is 97.5 cm³/mol. The van der Waals surface area contributed by atoms with E-state index in [-0.39, 0.29) is 6.10 Å². The molecule has 0 aliphatic carbocycles. The first-order chi connectivity index (χ1) is 11.3. The van der Waals surface area contributed by atoms with Gasteiger partial charge in [-0.3, -0.25) is 0 Å². The number of rotatable bonds is 6. The lowest BCUT2D eigenvalue weighted by atomic mass is 10.1. The van der Waals surface area contributed by atoms with Gasteiger partial charge in [0.05, 0.1) is 0 Å². The second kappa shape index (κ2) is 7.65. The summed E-state index contributed by atoms with van der Waals surface area (Å²) in [7, 11) is 1.08. The molecule has 0 amide bonds. The molecule has 1 atom stereocenters. The van der Waals surface area contributed by atoms with Crippen molar-refractivity contribution >= 4 is 10.2 Å². The summed E-state index contributed by atoms with van der Waals surface area (Å²) < 4.78 is 12.1. The molecule has 0 aromatic heterocycles. The first kappa shape index (κ1) is 15.4. The molecule has 0 saturated heterocycles. The molecule has 0 heterocycles. The van der Waals surface area contributed by atoms with Crippen LogP contribution in [0.3, 0.4) is 0 Å². The van der Waals surface area contributed by atoms with Gasteiger partial charge in [0, 0.05) is 10.2 Å². The molecule has 0 aliphatic rings. The zero-order chi connectivity index (χ0) is 15.9. The van der Waals surface area contributed by atoms with Gasteiger partial charge in [0.1, 0.15) is 23.4 Å². The predicted octanol–water partition coefficient (Wildman–Crippen LogP) is 4.38. The van der Waals surface area contributed by atoms with Crippen LogP contribution in [0.1, 0.15) is 11.7 Å². The average molecular weight is 320 g/mol. The van der Waals surface area contributed by atoms with E-state index in [9.17, 15) is 0 Å². The Morgan fingerprint density at radius 3 is 1.96 bits per heavy atom. The summed E-state index contributed by atoms with van der Waals surface area (Å²) in [5, 5.41) is 0. The van der Waals surface area contributed by atoms with E-state index >= 15 is 0 Å². The van der Waals surface area contributed by atoms with Gasteiger partial charge in [0.15, 0.2) is 0 Å². The molecule has 1 unspecified atom stereocenters. The Hall–Kier alpha value is -2.52. The molecule has 2 nitrogen and oxygen atoms in total. The minimum Gasteiger partial charge on any atom is -0.486 e. The van der Waals surface area contributed by atoms with Crippen molar-refractivity contribution < 1.29 is 9.47 Å². The van der Waals surface area contributed by atoms with Gasteiger partial charge < -0.3 is 9.47 Å². The molecule has 23 heavy (non-hydrogen) atoms. The lowest BCUT2D eigenvalue weighted by Crippen LogP contribution is -2.07. The normalized spacial score (nSPS) is 11.8. The summed E-state index contributed by atoms with van der Waals surface area (Å²) in [5.41, 5.74) is 1.15. The summed E-state index contributed by atoms with van der Waals surface area (Å²) in [6.45, 7) is 0. The van der Waals surface area contributed by atoms with E-state index in [1.807, 2.05) is 72.8 Å². The Bertz CT molecular complexity index is 729. The first-order valence-corrected chi connectivity index (χ1v) is 9.31. The van der Waals surface area contributed by atoms with Crippen LogP contribution in [-0.2, 0) is 0 Å². The van der Waals surface area contributed by atoms with Crippen molar-refractivity contribution in [2.75, 3.05) is 0 Å². The van der Waals surface area contributed by atoms with E-state index in [4.69, 9.17) is 9.47 Å². The quantitative estimate of drug-likeness (QED) is 0.627. The van der Waals surface area contributed by atoms with Crippen LogP contribution in [0, 0.1) is 0 Å². The zero-order valence-electron chi connectivity index (χ0n) is 13.2. The second-order valence-corrected chi connectivity index (χ2v) is 6.13. The molecule has 3 aromatic carbocycles. The van der Waals surface area contributed by atoms with Crippen molar-refractivity contribution in [1.82, 2.24) is 0 Å². The standard InChI is InChI=1S/C20H20O2Si/c23-15-20(22-18-11-5-2-6-12-18)16-8-7-13-19(14-16)21-17-9-3-1-4-10-17/h1-14,20H,15H2,23H3. The van der Waals surface area contributed by atoms with Crippen molar-refractivity contribution in [3.63, 3.8) is 0 Å². The summed E-state index contributed by atoms with van der Waals surface area (Å²) >= 11 is 0. The highest BCUT2D eigenvalue weighted by molar-refractivity contribution is 6.08. The van der Waals surface area contributed by atoms with Crippen molar-refractivity contribution in [3.05, 3.63) is 90.5 Å². The third-order valence-corrected chi connectivity index (χ3v) is 4.34. The van der Waals surface area contributed by atoms with Crippen molar-refractivity contribution in [2.24, 2.45) is 0 Å². The molecule has 3 aromatic rings. The highest BCUT2D eigenvalue weighted by Gasteiger charge is 2.12. The summed E-state index contributed by atoms with van der Waals surface area (Å²) in [5.74, 6) is 2.59. The minimum absolute atomic E-state index is 0.0726. The number of hydrogen-bond donors (Lipinski definition) is 0. The van der Waals surface area contributed by atoms with E-state index in [0.29, 0.717) is 0 Å². The highest BCUT2D eigenvalue weighted by Crippen LogP contribution is 2.28. The SMILES string of the molecule is [SiH3]CC(Oc1ccccc1)c1cccc(Oc2ccccc2)c1. The van der Waals surface area contributed by atoms with Crippen LogP contribution in [0.2, 0.25) is 6.04 Å². The highest BCUT2D eigenvalue weighted by atomic mass is 28.1. The third kappa shape index (κ3) is 4.24. The summed E-state index contributed by atoms with van der Waals surface area (Å²) in [4.78, 5) is 0. The number of benzene rings is 3. The van der Waals surface area contributed by atoms with Crippen LogP contribution in [-0.4, -0.2) is 10.2 Å². The largest absolute Gasteiger partial charge is 0.486 e. The second-order valence-electron chi connectivity index (χ2n) is 5.32. The number of hydrogen-bond acceptors (Lipinski definition) is 2. The van der Waals surface area contributed by atoms with Crippen LogP contribution in [0.4, 0.5) is 0 Å². The van der Waals surface area contributed by atoms with Crippen molar-refractivity contribution in [3.8, 4) is 17.2 Å². The molecule has 0 fully saturated rings. The molecule has 0 aliphatic heterocycles. The fraction of sp³-hybridized carbons (Fsp3) is 0.100. The fourth-order valence-corrected chi connectivity index (χ4v) is 3.09. The van der Waals surface area contributed by atoms with Gasteiger partial charge in [-0.25, -0.2) is 0 Å². The zero-order valence-corrected chi connectivity index (χ0v) is 15.2. The Kier molecular flexibility index (Phi) is 5.12. The van der Waals surface area contributed by atoms with Gasteiger partial charge in [-0.15, -0.1) is 0 Å². The van der Waals surface area contributed by atoms with Gasteiger partial charge in [0.25, 0.3) is 0 Å². The fourth-order valence-electron chi connectivity index (χ4n) is 2.45. The minimum atomic E-state index is 0.0726. The maximum Gasteiger partial charge on any atom is 0.127 e. The van der Waals surface area contributed by atoms with E-state index in [2.05, 4.69) is 12.1 Å².